The van der Waals surface area contributed by atoms with Crippen molar-refractivity contribution in [3.05, 3.63) is 35.9 Å². The van der Waals surface area contributed by atoms with E-state index < -0.39 is 0 Å². The molecule has 1 aliphatic rings. The molecule has 1 atom stereocenters. The fourth-order valence-corrected chi connectivity index (χ4v) is 2.98. The molecule has 3 nitrogen and oxygen atoms in total. The van der Waals surface area contributed by atoms with Crippen LogP contribution in [0.2, 0.25) is 0 Å². The topological polar surface area (TPSA) is 46.3 Å². The van der Waals surface area contributed by atoms with Gasteiger partial charge in [-0.2, -0.15) is 0 Å². The van der Waals surface area contributed by atoms with Gasteiger partial charge in [-0.1, -0.05) is 37.3 Å². The number of piperidine rings is 1. The van der Waals surface area contributed by atoms with Crippen molar-refractivity contribution >= 4 is 5.91 Å². The van der Waals surface area contributed by atoms with Gasteiger partial charge < -0.3 is 10.6 Å². The Labute approximate surface area is 122 Å². The third-order valence-electron chi connectivity index (χ3n) is 4.49. The fourth-order valence-electron chi connectivity index (χ4n) is 2.98. The number of nitrogens with zero attached hydrogens (tertiary/aromatic N) is 1. The van der Waals surface area contributed by atoms with Crippen molar-refractivity contribution in [2.45, 2.75) is 38.5 Å². The summed E-state index contributed by atoms with van der Waals surface area (Å²) in [6.07, 6.45) is 3.76. The summed E-state index contributed by atoms with van der Waals surface area (Å²) in [5.41, 5.74) is 6.98. The summed E-state index contributed by atoms with van der Waals surface area (Å²) >= 11 is 0. The van der Waals surface area contributed by atoms with Gasteiger partial charge in [0.25, 0.3) is 0 Å². The van der Waals surface area contributed by atoms with Gasteiger partial charge in [-0.15, -0.1) is 0 Å². The minimum Gasteiger partial charge on any atom is -0.343 e. The number of hydrogen-bond donors (Lipinski definition) is 1. The number of carbonyl (C=O) groups excluding carboxylic acids is 1. The summed E-state index contributed by atoms with van der Waals surface area (Å²) in [4.78, 5) is 14.5. The lowest BCUT2D eigenvalue weighted by Crippen LogP contribution is -2.40. The molecule has 2 N–H and O–H groups in total. The maximum atomic E-state index is 12.4. The molecule has 0 saturated carbocycles. The molecule has 0 bridgehead atoms. The highest BCUT2D eigenvalue weighted by Gasteiger charge is 2.24. The Morgan fingerprint density at radius 1 is 1.30 bits per heavy atom. The molecule has 1 saturated heterocycles. The average molecular weight is 274 g/mol. The summed E-state index contributed by atoms with van der Waals surface area (Å²) in [6.45, 7) is 4.67. The summed E-state index contributed by atoms with van der Waals surface area (Å²) in [5.74, 6) is 1.25. The van der Waals surface area contributed by atoms with Gasteiger partial charge in [0.2, 0.25) is 5.91 Å². The largest absolute Gasteiger partial charge is 0.343 e. The quantitative estimate of drug-likeness (QED) is 0.897. The third-order valence-corrected chi connectivity index (χ3v) is 4.49. The summed E-state index contributed by atoms with van der Waals surface area (Å²) in [7, 11) is 0. The van der Waals surface area contributed by atoms with Gasteiger partial charge >= 0.3 is 0 Å². The molecule has 0 spiro atoms. The number of amides is 1. The van der Waals surface area contributed by atoms with Gasteiger partial charge in [0.1, 0.15) is 0 Å². The van der Waals surface area contributed by atoms with Crippen LogP contribution >= 0.6 is 0 Å². The first-order chi connectivity index (χ1) is 9.74. The van der Waals surface area contributed by atoms with E-state index in [0.29, 0.717) is 24.2 Å². The maximum Gasteiger partial charge on any atom is 0.223 e. The molecule has 20 heavy (non-hydrogen) atoms. The lowest BCUT2D eigenvalue weighted by Gasteiger charge is -2.32. The zero-order valence-corrected chi connectivity index (χ0v) is 12.4. The molecule has 1 aliphatic heterocycles. The van der Waals surface area contributed by atoms with Crippen molar-refractivity contribution in [3.63, 3.8) is 0 Å². The van der Waals surface area contributed by atoms with Gasteiger partial charge in [-0.05, 0) is 43.2 Å². The molecule has 1 fully saturated rings. The van der Waals surface area contributed by atoms with Crippen LogP contribution in [-0.4, -0.2) is 30.4 Å². The van der Waals surface area contributed by atoms with Crippen LogP contribution in [0.1, 0.15) is 44.1 Å². The third kappa shape index (κ3) is 3.83. The van der Waals surface area contributed by atoms with Gasteiger partial charge in [-0.3, -0.25) is 4.79 Å². The van der Waals surface area contributed by atoms with Crippen LogP contribution in [0.5, 0.6) is 0 Å². The highest BCUT2D eigenvalue weighted by Crippen LogP contribution is 2.25. The summed E-state index contributed by atoms with van der Waals surface area (Å²) < 4.78 is 0. The summed E-state index contributed by atoms with van der Waals surface area (Å²) in [6, 6.07) is 10.4. The normalized spacial score (nSPS) is 18.0. The van der Waals surface area contributed by atoms with E-state index in [0.717, 1.165) is 38.9 Å². The SMILES string of the molecule is CCC(CC(=O)N1CCC(CN)CC1)c1ccccc1. The second-order valence-corrected chi connectivity index (χ2v) is 5.78. The highest BCUT2D eigenvalue weighted by atomic mass is 16.2. The fraction of sp³-hybridized carbons (Fsp3) is 0.588. The van der Waals surface area contributed by atoms with Crippen molar-refractivity contribution in [1.82, 2.24) is 4.90 Å². The lowest BCUT2D eigenvalue weighted by atomic mass is 9.91. The molecule has 1 unspecified atom stereocenters. The Morgan fingerprint density at radius 3 is 2.50 bits per heavy atom. The first kappa shape index (κ1) is 15.0. The molecule has 1 heterocycles. The molecule has 0 aliphatic carbocycles. The minimum absolute atomic E-state index is 0.302. The number of likely N-dealkylation sites (tertiary alicyclic amines) is 1. The van der Waals surface area contributed by atoms with Crippen LogP contribution in [0.3, 0.4) is 0 Å². The Kier molecular flexibility index (Phi) is 5.60. The molecule has 1 amide bonds. The van der Waals surface area contributed by atoms with Crippen LogP contribution in [-0.2, 0) is 4.79 Å². The molecule has 0 aromatic heterocycles. The van der Waals surface area contributed by atoms with Crippen molar-refractivity contribution < 1.29 is 4.79 Å². The van der Waals surface area contributed by atoms with Crippen molar-refractivity contribution in [2.75, 3.05) is 19.6 Å². The second-order valence-electron chi connectivity index (χ2n) is 5.78. The predicted molar refractivity (Wildman–Crippen MR) is 82.4 cm³/mol. The van der Waals surface area contributed by atoms with E-state index in [1.165, 1.54) is 5.56 Å². The van der Waals surface area contributed by atoms with E-state index in [4.69, 9.17) is 5.73 Å². The van der Waals surface area contributed by atoms with Crippen molar-refractivity contribution in [1.29, 1.82) is 0 Å². The lowest BCUT2D eigenvalue weighted by molar-refractivity contribution is -0.133. The average Bonchev–Trinajstić information content (AvgIpc) is 2.53. The highest BCUT2D eigenvalue weighted by molar-refractivity contribution is 5.77. The molecule has 1 aromatic rings. The van der Waals surface area contributed by atoms with Crippen LogP contribution in [0.25, 0.3) is 0 Å². The molecule has 110 valence electrons. The van der Waals surface area contributed by atoms with Crippen molar-refractivity contribution in [2.24, 2.45) is 11.7 Å². The van der Waals surface area contributed by atoms with E-state index in [1.54, 1.807) is 0 Å². The van der Waals surface area contributed by atoms with Gasteiger partial charge in [0.15, 0.2) is 0 Å². The van der Waals surface area contributed by atoms with Gasteiger partial charge in [0.05, 0.1) is 0 Å². The second kappa shape index (κ2) is 7.44. The molecule has 1 aromatic carbocycles. The molecular formula is C17H26N2O. The van der Waals surface area contributed by atoms with Gasteiger partial charge in [-0.25, -0.2) is 0 Å². The predicted octanol–water partition coefficient (Wildman–Crippen LogP) is 2.77. The van der Waals surface area contributed by atoms with Crippen molar-refractivity contribution in [3.8, 4) is 0 Å². The van der Waals surface area contributed by atoms with E-state index >= 15 is 0 Å². The Hall–Kier alpha value is -1.35. The van der Waals surface area contributed by atoms with Crippen LogP contribution < -0.4 is 5.73 Å². The Bertz CT molecular complexity index is 410. The van der Waals surface area contributed by atoms with Gasteiger partial charge in [0, 0.05) is 19.5 Å². The molecule has 3 heteroatoms. The molecular weight excluding hydrogens is 248 g/mol. The number of nitrogens with two attached hydrogens (primary N) is 1. The smallest absolute Gasteiger partial charge is 0.223 e. The monoisotopic (exact) mass is 274 g/mol. The number of carbonyl (C=O) groups is 1. The van der Waals surface area contributed by atoms with E-state index in [1.807, 2.05) is 11.0 Å². The maximum absolute atomic E-state index is 12.4. The zero-order chi connectivity index (χ0) is 14.4. The first-order valence-corrected chi connectivity index (χ1v) is 7.77. The number of hydrogen-bond acceptors (Lipinski definition) is 2. The summed E-state index contributed by atoms with van der Waals surface area (Å²) in [5, 5.41) is 0. The van der Waals surface area contributed by atoms with E-state index in [2.05, 4.69) is 31.2 Å². The van der Waals surface area contributed by atoms with E-state index in [9.17, 15) is 4.79 Å². The Balaban J connectivity index is 1.90. The molecule has 0 radical (unpaired) electrons. The molecule has 2 rings (SSSR count). The van der Waals surface area contributed by atoms with Crippen LogP contribution in [0.15, 0.2) is 30.3 Å². The van der Waals surface area contributed by atoms with Crippen LogP contribution in [0, 0.1) is 5.92 Å². The Morgan fingerprint density at radius 2 is 1.95 bits per heavy atom. The van der Waals surface area contributed by atoms with E-state index in [-0.39, 0.29) is 0 Å². The number of rotatable bonds is 5. The first-order valence-electron chi connectivity index (χ1n) is 7.77. The standard InChI is InChI=1S/C17H26N2O/c1-2-15(16-6-4-3-5-7-16)12-17(20)19-10-8-14(13-18)9-11-19/h3-7,14-15H,2,8-13,18H2,1H3. The van der Waals surface area contributed by atoms with Crippen LogP contribution in [0.4, 0.5) is 0 Å². The number of benzene rings is 1. The zero-order valence-electron chi connectivity index (χ0n) is 12.4. The minimum atomic E-state index is 0.302.